The summed E-state index contributed by atoms with van der Waals surface area (Å²) in [4.78, 5) is 10.7. The molecule has 14 heavy (non-hydrogen) atoms. The third kappa shape index (κ3) is 1.25. The van der Waals surface area contributed by atoms with Crippen LogP contribution in [0.25, 0.3) is 10.9 Å². The number of carbonyl (C=O) groups excluding carboxylic acids is 1. The minimum absolute atomic E-state index is 0.462. The maximum atomic E-state index is 10.7. The van der Waals surface area contributed by atoms with E-state index in [4.69, 9.17) is 4.74 Å². The molecule has 0 fully saturated rings. The monoisotopic (exact) mass is 190 g/mol. The second kappa shape index (κ2) is 3.49. The van der Waals surface area contributed by atoms with Crippen molar-refractivity contribution >= 4 is 17.2 Å². The van der Waals surface area contributed by atoms with Gasteiger partial charge in [0.25, 0.3) is 0 Å². The van der Waals surface area contributed by atoms with E-state index in [1.165, 1.54) is 0 Å². The predicted molar refractivity (Wildman–Crippen MR) is 52.7 cm³/mol. The molecule has 2 aromatic rings. The van der Waals surface area contributed by atoms with Crippen LogP contribution in [0.2, 0.25) is 0 Å². The fourth-order valence-electron chi connectivity index (χ4n) is 1.42. The molecular formula is C10H10N2O2. The van der Waals surface area contributed by atoms with Gasteiger partial charge in [-0.3, -0.25) is 9.89 Å². The Bertz CT molecular complexity index is 462. The number of aromatic nitrogens is 2. The summed E-state index contributed by atoms with van der Waals surface area (Å²) in [5.41, 5.74) is 1.21. The van der Waals surface area contributed by atoms with E-state index in [1.807, 2.05) is 25.1 Å². The SMILES string of the molecule is CCOc1cccc2n[nH]c(C=O)c12. The summed E-state index contributed by atoms with van der Waals surface area (Å²) in [6, 6.07) is 5.51. The van der Waals surface area contributed by atoms with E-state index in [0.717, 1.165) is 17.2 Å². The van der Waals surface area contributed by atoms with Gasteiger partial charge in [-0.05, 0) is 19.1 Å². The van der Waals surface area contributed by atoms with Crippen LogP contribution in [-0.2, 0) is 0 Å². The topological polar surface area (TPSA) is 55.0 Å². The molecule has 72 valence electrons. The number of rotatable bonds is 3. The average Bonchev–Trinajstić information content (AvgIpc) is 2.62. The second-order valence-corrected chi connectivity index (χ2v) is 2.84. The van der Waals surface area contributed by atoms with Crippen molar-refractivity contribution in [1.82, 2.24) is 10.2 Å². The van der Waals surface area contributed by atoms with E-state index in [0.29, 0.717) is 18.1 Å². The highest BCUT2D eigenvalue weighted by Gasteiger charge is 2.09. The van der Waals surface area contributed by atoms with Crippen molar-refractivity contribution in [1.29, 1.82) is 0 Å². The van der Waals surface area contributed by atoms with Crippen LogP contribution in [0.5, 0.6) is 5.75 Å². The molecule has 0 bridgehead atoms. The van der Waals surface area contributed by atoms with Crippen LogP contribution in [0.15, 0.2) is 18.2 Å². The van der Waals surface area contributed by atoms with Gasteiger partial charge in [-0.1, -0.05) is 6.07 Å². The molecule has 0 atom stereocenters. The van der Waals surface area contributed by atoms with Crippen LogP contribution >= 0.6 is 0 Å². The van der Waals surface area contributed by atoms with E-state index >= 15 is 0 Å². The first-order chi connectivity index (χ1) is 6.86. The number of aromatic amines is 1. The van der Waals surface area contributed by atoms with Gasteiger partial charge in [0.1, 0.15) is 11.4 Å². The first-order valence-electron chi connectivity index (χ1n) is 4.42. The Morgan fingerprint density at radius 2 is 2.43 bits per heavy atom. The smallest absolute Gasteiger partial charge is 0.168 e. The Kier molecular flexibility index (Phi) is 2.18. The largest absolute Gasteiger partial charge is 0.493 e. The molecule has 1 aromatic carbocycles. The van der Waals surface area contributed by atoms with E-state index < -0.39 is 0 Å². The van der Waals surface area contributed by atoms with Gasteiger partial charge in [0.2, 0.25) is 0 Å². The number of hydrogen-bond acceptors (Lipinski definition) is 3. The molecule has 4 nitrogen and oxygen atoms in total. The van der Waals surface area contributed by atoms with Crippen molar-refractivity contribution in [3.63, 3.8) is 0 Å². The van der Waals surface area contributed by atoms with Gasteiger partial charge in [-0.25, -0.2) is 0 Å². The summed E-state index contributed by atoms with van der Waals surface area (Å²) in [6.07, 6.45) is 0.748. The van der Waals surface area contributed by atoms with Crippen LogP contribution in [0.3, 0.4) is 0 Å². The van der Waals surface area contributed by atoms with E-state index in [1.54, 1.807) is 0 Å². The van der Waals surface area contributed by atoms with E-state index in [-0.39, 0.29) is 0 Å². The third-order valence-corrected chi connectivity index (χ3v) is 1.99. The Labute approximate surface area is 80.9 Å². The number of ether oxygens (including phenoxy) is 1. The molecule has 1 aromatic heterocycles. The van der Waals surface area contributed by atoms with Crippen molar-refractivity contribution < 1.29 is 9.53 Å². The van der Waals surface area contributed by atoms with Crippen molar-refractivity contribution in [2.75, 3.05) is 6.61 Å². The number of nitrogens with one attached hydrogen (secondary N) is 1. The van der Waals surface area contributed by atoms with Crippen molar-refractivity contribution in [3.05, 3.63) is 23.9 Å². The van der Waals surface area contributed by atoms with Gasteiger partial charge in [0.05, 0.1) is 17.5 Å². The minimum atomic E-state index is 0.462. The zero-order valence-electron chi connectivity index (χ0n) is 7.78. The lowest BCUT2D eigenvalue weighted by Gasteiger charge is -2.03. The molecule has 0 radical (unpaired) electrons. The highest BCUT2D eigenvalue weighted by Crippen LogP contribution is 2.26. The van der Waals surface area contributed by atoms with Crippen molar-refractivity contribution in [2.45, 2.75) is 6.92 Å². The van der Waals surface area contributed by atoms with Gasteiger partial charge in [-0.2, -0.15) is 5.10 Å². The molecule has 4 heteroatoms. The number of nitrogens with zero attached hydrogens (tertiary/aromatic N) is 1. The molecule has 1 N–H and O–H groups in total. The molecule has 0 saturated heterocycles. The van der Waals surface area contributed by atoms with Crippen LogP contribution in [0.1, 0.15) is 17.4 Å². The van der Waals surface area contributed by atoms with Crippen molar-refractivity contribution in [2.24, 2.45) is 0 Å². The lowest BCUT2D eigenvalue weighted by Crippen LogP contribution is -1.92. The Morgan fingerprint density at radius 1 is 1.57 bits per heavy atom. The first-order valence-corrected chi connectivity index (χ1v) is 4.42. The number of aldehydes is 1. The lowest BCUT2D eigenvalue weighted by atomic mass is 10.2. The highest BCUT2D eigenvalue weighted by molar-refractivity contribution is 5.98. The summed E-state index contributed by atoms with van der Waals surface area (Å²) >= 11 is 0. The maximum Gasteiger partial charge on any atom is 0.168 e. The lowest BCUT2D eigenvalue weighted by molar-refractivity contribution is 0.112. The van der Waals surface area contributed by atoms with Gasteiger partial charge in [-0.15, -0.1) is 0 Å². The molecule has 1 heterocycles. The van der Waals surface area contributed by atoms with Gasteiger partial charge in [0.15, 0.2) is 6.29 Å². The Balaban J connectivity index is 2.68. The molecule has 2 rings (SSSR count). The molecule has 0 unspecified atom stereocenters. The molecule has 0 aliphatic rings. The number of benzene rings is 1. The second-order valence-electron chi connectivity index (χ2n) is 2.84. The van der Waals surface area contributed by atoms with Crippen LogP contribution in [-0.4, -0.2) is 23.1 Å². The molecule has 0 spiro atoms. The number of hydrogen-bond donors (Lipinski definition) is 1. The maximum absolute atomic E-state index is 10.7. The molecule has 0 amide bonds. The third-order valence-electron chi connectivity index (χ3n) is 1.99. The zero-order chi connectivity index (χ0) is 9.97. The number of H-pyrrole nitrogens is 1. The van der Waals surface area contributed by atoms with Crippen LogP contribution in [0.4, 0.5) is 0 Å². The highest BCUT2D eigenvalue weighted by atomic mass is 16.5. The predicted octanol–water partition coefficient (Wildman–Crippen LogP) is 1.77. The summed E-state index contributed by atoms with van der Waals surface area (Å²) in [5, 5.41) is 7.41. The summed E-state index contributed by atoms with van der Waals surface area (Å²) in [5.74, 6) is 0.695. The standard InChI is InChI=1S/C10H10N2O2/c1-2-14-9-5-3-4-7-10(9)8(6-13)12-11-7/h3-6H,2H2,1H3,(H,11,12). The number of carbonyl (C=O) groups is 1. The van der Waals surface area contributed by atoms with Crippen molar-refractivity contribution in [3.8, 4) is 5.75 Å². The average molecular weight is 190 g/mol. The van der Waals surface area contributed by atoms with Crippen LogP contribution < -0.4 is 4.74 Å². The zero-order valence-corrected chi connectivity index (χ0v) is 7.78. The van der Waals surface area contributed by atoms with Gasteiger partial charge in [0, 0.05) is 0 Å². The first kappa shape index (κ1) is 8.74. The molecular weight excluding hydrogens is 180 g/mol. The van der Waals surface area contributed by atoms with Crippen LogP contribution in [0, 0.1) is 0 Å². The fraction of sp³-hybridized carbons (Fsp3) is 0.200. The Morgan fingerprint density at radius 3 is 3.14 bits per heavy atom. The molecule has 0 saturated carbocycles. The normalized spacial score (nSPS) is 10.4. The van der Waals surface area contributed by atoms with E-state index in [2.05, 4.69) is 10.2 Å². The summed E-state index contributed by atoms with van der Waals surface area (Å²) < 4.78 is 5.40. The summed E-state index contributed by atoms with van der Waals surface area (Å²) in [6.45, 7) is 2.47. The number of fused-ring (bicyclic) bond motifs is 1. The fourth-order valence-corrected chi connectivity index (χ4v) is 1.42. The quantitative estimate of drug-likeness (QED) is 0.750. The minimum Gasteiger partial charge on any atom is -0.493 e. The summed E-state index contributed by atoms with van der Waals surface area (Å²) in [7, 11) is 0. The van der Waals surface area contributed by atoms with Gasteiger partial charge >= 0.3 is 0 Å². The Hall–Kier alpha value is -1.84. The molecule has 0 aliphatic heterocycles. The van der Waals surface area contributed by atoms with Gasteiger partial charge < -0.3 is 4.74 Å². The van der Waals surface area contributed by atoms with E-state index in [9.17, 15) is 4.79 Å². The molecule has 0 aliphatic carbocycles.